The maximum Gasteiger partial charge on any atom is 0.339 e. The van der Waals surface area contributed by atoms with Gasteiger partial charge in [-0.05, 0) is 65.0 Å². The highest BCUT2D eigenvalue weighted by atomic mass is 16.7. The molecule has 2 aliphatic carbocycles. The van der Waals surface area contributed by atoms with Gasteiger partial charge in [-0.2, -0.15) is 0 Å². The van der Waals surface area contributed by atoms with Crippen molar-refractivity contribution in [1.82, 2.24) is 0 Å². The van der Waals surface area contributed by atoms with Crippen molar-refractivity contribution in [2.45, 2.75) is 77.3 Å². The highest BCUT2D eigenvalue weighted by molar-refractivity contribution is 5.88. The topological polar surface area (TPSA) is 101 Å². The predicted molar refractivity (Wildman–Crippen MR) is 116 cm³/mol. The molecular formula is C24H36O8. The van der Waals surface area contributed by atoms with Gasteiger partial charge in [0, 0.05) is 24.5 Å². The third-order valence-electron chi connectivity index (χ3n) is 7.37. The smallest absolute Gasteiger partial charge is 0.339 e. The van der Waals surface area contributed by atoms with Crippen molar-refractivity contribution in [1.29, 1.82) is 0 Å². The Labute approximate surface area is 189 Å². The molecule has 0 spiro atoms. The summed E-state index contributed by atoms with van der Waals surface area (Å²) in [5.74, 6) is -1.37. The Morgan fingerprint density at radius 2 is 2.03 bits per heavy atom. The minimum Gasteiger partial charge on any atom is -0.455 e. The predicted octanol–water partition coefficient (Wildman–Crippen LogP) is 2.68. The van der Waals surface area contributed by atoms with Crippen LogP contribution < -0.4 is 0 Å². The summed E-state index contributed by atoms with van der Waals surface area (Å²) in [5.41, 5.74) is 0.0280. The van der Waals surface area contributed by atoms with Crippen molar-refractivity contribution >= 4 is 11.9 Å². The number of aliphatic hydroxyl groups is 1. The molecule has 3 aliphatic rings. The van der Waals surface area contributed by atoms with Crippen molar-refractivity contribution in [2.75, 3.05) is 27.1 Å². The van der Waals surface area contributed by atoms with Crippen molar-refractivity contribution in [3.63, 3.8) is 0 Å². The van der Waals surface area contributed by atoms with E-state index in [1.54, 1.807) is 40.9 Å². The Morgan fingerprint density at radius 3 is 2.69 bits per heavy atom. The fraction of sp³-hybridized carbons (Fsp3) is 0.750. The van der Waals surface area contributed by atoms with Gasteiger partial charge in [0.15, 0.2) is 5.60 Å². The number of allylic oxidation sites excluding steroid dienone is 1. The van der Waals surface area contributed by atoms with Crippen LogP contribution in [0.4, 0.5) is 0 Å². The molecule has 0 radical (unpaired) electrons. The summed E-state index contributed by atoms with van der Waals surface area (Å²) >= 11 is 0. The molecule has 180 valence electrons. The summed E-state index contributed by atoms with van der Waals surface area (Å²) in [5, 5.41) is 11.3. The second-order valence-electron chi connectivity index (χ2n) is 9.39. The van der Waals surface area contributed by atoms with Gasteiger partial charge in [0.25, 0.3) is 0 Å². The highest BCUT2D eigenvalue weighted by Crippen LogP contribution is 2.54. The quantitative estimate of drug-likeness (QED) is 0.197. The van der Waals surface area contributed by atoms with Crippen LogP contribution >= 0.6 is 0 Å². The van der Waals surface area contributed by atoms with Crippen LogP contribution in [0.25, 0.3) is 0 Å². The van der Waals surface area contributed by atoms with E-state index in [4.69, 9.17) is 23.7 Å². The van der Waals surface area contributed by atoms with Crippen LogP contribution in [-0.2, 0) is 33.3 Å². The molecule has 3 rings (SSSR count). The molecule has 1 N–H and O–H groups in total. The average Bonchev–Trinajstić information content (AvgIpc) is 3.16. The summed E-state index contributed by atoms with van der Waals surface area (Å²) in [6, 6.07) is 0. The summed E-state index contributed by atoms with van der Waals surface area (Å²) in [6.45, 7) is 9.66. The number of carbonyl (C=O) groups excluding carboxylic acids is 2. The molecule has 0 unspecified atom stereocenters. The van der Waals surface area contributed by atoms with Gasteiger partial charge < -0.3 is 28.8 Å². The molecule has 32 heavy (non-hydrogen) atoms. The molecule has 1 saturated heterocycles. The Hall–Kier alpha value is -1.74. The monoisotopic (exact) mass is 452 g/mol. The zero-order chi connectivity index (χ0) is 23.7. The number of methoxy groups -OCH3 is 1. The first-order chi connectivity index (χ1) is 15.1. The van der Waals surface area contributed by atoms with Gasteiger partial charge in [-0.15, -0.1) is 0 Å². The maximum absolute atomic E-state index is 12.9. The normalized spacial score (nSPS) is 37.1. The SMILES string of the molecule is C/C=C(\C)C(=O)O[C@H]1C[C@@H]2C(=C1C)[C@@H]1OC(=O)[C@@](C)(OCOCCOC)[C@@H]1CC[C@@]2(C)O. The fourth-order valence-electron chi connectivity index (χ4n) is 5.08. The number of ether oxygens (including phenoxy) is 5. The molecule has 6 atom stereocenters. The van der Waals surface area contributed by atoms with Crippen LogP contribution in [-0.4, -0.2) is 67.6 Å². The summed E-state index contributed by atoms with van der Waals surface area (Å²) in [7, 11) is 1.58. The molecule has 8 nitrogen and oxygen atoms in total. The molecule has 0 bridgehead atoms. The lowest BCUT2D eigenvalue weighted by atomic mass is 9.81. The molecule has 1 heterocycles. The standard InChI is InChI=1S/C24H36O8/c1-7-14(2)21(25)31-18-12-17-19(15(18)3)20-16(8-9-23(17,4)27)24(5,22(26)32-20)30-13-29-11-10-28-6/h7,16-18,20,27H,8-13H2,1-6H3/b14-7+/t16-,17-,18+,20-,23-,24+/m1/s1. The van der Waals surface area contributed by atoms with Crippen LogP contribution in [0.3, 0.4) is 0 Å². The van der Waals surface area contributed by atoms with E-state index in [0.717, 1.165) is 11.1 Å². The highest BCUT2D eigenvalue weighted by Gasteiger charge is 2.61. The zero-order valence-corrected chi connectivity index (χ0v) is 19.9. The number of hydrogen-bond donors (Lipinski definition) is 1. The van der Waals surface area contributed by atoms with Gasteiger partial charge >= 0.3 is 11.9 Å². The van der Waals surface area contributed by atoms with Crippen LogP contribution in [0.1, 0.15) is 53.9 Å². The van der Waals surface area contributed by atoms with E-state index in [-0.39, 0.29) is 24.6 Å². The summed E-state index contributed by atoms with van der Waals surface area (Å²) < 4.78 is 27.9. The molecule has 8 heteroatoms. The Morgan fingerprint density at radius 1 is 1.31 bits per heavy atom. The fourth-order valence-corrected chi connectivity index (χ4v) is 5.08. The number of rotatable bonds is 8. The van der Waals surface area contributed by atoms with Crippen molar-refractivity contribution < 1.29 is 38.4 Å². The van der Waals surface area contributed by atoms with Crippen LogP contribution in [0.15, 0.2) is 22.8 Å². The van der Waals surface area contributed by atoms with Gasteiger partial charge in [0.05, 0.1) is 18.8 Å². The van der Waals surface area contributed by atoms with Crippen molar-refractivity contribution in [2.24, 2.45) is 11.8 Å². The van der Waals surface area contributed by atoms with E-state index in [2.05, 4.69) is 0 Å². The lowest BCUT2D eigenvalue weighted by Gasteiger charge is -2.31. The molecule has 0 aromatic carbocycles. The van der Waals surface area contributed by atoms with Crippen molar-refractivity contribution in [3.8, 4) is 0 Å². The maximum atomic E-state index is 12.9. The largest absolute Gasteiger partial charge is 0.455 e. The Kier molecular flexibility index (Phi) is 7.49. The van der Waals surface area contributed by atoms with Crippen LogP contribution in [0.5, 0.6) is 0 Å². The number of hydrogen-bond acceptors (Lipinski definition) is 8. The van der Waals surface area contributed by atoms with Gasteiger partial charge in [0.2, 0.25) is 0 Å². The van der Waals surface area contributed by atoms with E-state index in [1.165, 1.54) is 0 Å². The second-order valence-corrected chi connectivity index (χ2v) is 9.39. The molecule has 0 aromatic heterocycles. The molecule has 0 aromatic rings. The Balaban J connectivity index is 1.87. The van der Waals surface area contributed by atoms with Crippen LogP contribution in [0, 0.1) is 11.8 Å². The lowest BCUT2D eigenvalue weighted by Crippen LogP contribution is -2.42. The van der Waals surface area contributed by atoms with E-state index < -0.39 is 29.4 Å². The lowest BCUT2D eigenvalue weighted by molar-refractivity contribution is -0.179. The van der Waals surface area contributed by atoms with Gasteiger partial charge in [-0.25, -0.2) is 9.59 Å². The summed E-state index contributed by atoms with van der Waals surface area (Å²) in [4.78, 5) is 25.3. The first-order valence-electron chi connectivity index (χ1n) is 11.2. The zero-order valence-electron chi connectivity index (χ0n) is 19.9. The Bertz CT molecular complexity index is 798. The number of esters is 2. The molecule has 1 aliphatic heterocycles. The molecule has 1 saturated carbocycles. The third-order valence-corrected chi connectivity index (χ3v) is 7.37. The van der Waals surface area contributed by atoms with E-state index in [9.17, 15) is 14.7 Å². The van der Waals surface area contributed by atoms with Gasteiger partial charge in [0.1, 0.15) is 19.0 Å². The van der Waals surface area contributed by atoms with E-state index >= 15 is 0 Å². The molecule has 0 amide bonds. The van der Waals surface area contributed by atoms with Gasteiger partial charge in [-0.1, -0.05) is 6.08 Å². The third kappa shape index (κ3) is 4.51. The summed E-state index contributed by atoms with van der Waals surface area (Å²) in [6.07, 6.45) is 2.22. The number of carbonyl (C=O) groups is 2. The van der Waals surface area contributed by atoms with E-state index in [1.807, 2.05) is 6.92 Å². The molecule has 2 fully saturated rings. The average molecular weight is 453 g/mol. The van der Waals surface area contributed by atoms with Crippen molar-refractivity contribution in [3.05, 3.63) is 22.8 Å². The van der Waals surface area contributed by atoms with E-state index in [0.29, 0.717) is 38.0 Å². The second kappa shape index (κ2) is 9.63. The van der Waals surface area contributed by atoms with Gasteiger partial charge in [-0.3, -0.25) is 0 Å². The minimum absolute atomic E-state index is 0.0566. The molecular weight excluding hydrogens is 416 g/mol. The minimum atomic E-state index is -1.19. The first kappa shape index (κ1) is 24.9. The first-order valence-corrected chi connectivity index (χ1v) is 11.2. The van der Waals surface area contributed by atoms with Crippen LogP contribution in [0.2, 0.25) is 0 Å². The number of fused-ring (bicyclic) bond motifs is 3.